The second-order valence-corrected chi connectivity index (χ2v) is 6.53. The molecular formula is C18H21F3N4O5. The maximum Gasteiger partial charge on any atom is 0.491 e. The zero-order valence-electron chi connectivity index (χ0n) is 15.8. The molecule has 0 spiro atoms. The number of halogens is 3. The summed E-state index contributed by atoms with van der Waals surface area (Å²) in [4.78, 5) is 38.3. The number of aliphatic imine (C=N–C) groups is 1. The van der Waals surface area contributed by atoms with Crippen LogP contribution in [-0.4, -0.2) is 43.1 Å². The van der Waals surface area contributed by atoms with Gasteiger partial charge in [-0.25, -0.2) is 4.79 Å². The molecule has 1 unspecified atom stereocenters. The highest BCUT2D eigenvalue weighted by molar-refractivity contribution is 5.98. The molecule has 1 aliphatic heterocycles. The van der Waals surface area contributed by atoms with Crippen LogP contribution in [0.4, 0.5) is 18.9 Å². The fourth-order valence-electron chi connectivity index (χ4n) is 2.72. The number of esters is 2. The Bertz CT molecular complexity index is 838. The molecule has 12 heteroatoms. The van der Waals surface area contributed by atoms with Crippen molar-refractivity contribution in [3.63, 3.8) is 0 Å². The van der Waals surface area contributed by atoms with Gasteiger partial charge in [-0.05, 0) is 43.0 Å². The first kappa shape index (κ1) is 23.0. The maximum absolute atomic E-state index is 12.2. The van der Waals surface area contributed by atoms with E-state index in [-0.39, 0.29) is 12.4 Å². The van der Waals surface area contributed by atoms with Gasteiger partial charge in [-0.15, -0.1) is 0 Å². The average molecular weight is 430 g/mol. The van der Waals surface area contributed by atoms with Crippen LogP contribution >= 0.6 is 0 Å². The van der Waals surface area contributed by atoms with Crippen molar-refractivity contribution < 1.29 is 37.0 Å². The molecule has 1 atom stereocenters. The van der Waals surface area contributed by atoms with Crippen molar-refractivity contribution in [2.24, 2.45) is 22.4 Å². The molecule has 0 radical (unpaired) electrons. The van der Waals surface area contributed by atoms with Crippen molar-refractivity contribution in [2.75, 3.05) is 18.5 Å². The van der Waals surface area contributed by atoms with Gasteiger partial charge in [-0.3, -0.25) is 14.6 Å². The molecule has 1 heterocycles. The van der Waals surface area contributed by atoms with Gasteiger partial charge in [-0.1, -0.05) is 0 Å². The van der Waals surface area contributed by atoms with Crippen LogP contribution in [0.3, 0.4) is 0 Å². The van der Waals surface area contributed by atoms with Gasteiger partial charge in [0.2, 0.25) is 5.91 Å². The summed E-state index contributed by atoms with van der Waals surface area (Å²) < 4.78 is 45.9. The van der Waals surface area contributed by atoms with Gasteiger partial charge in [0.05, 0.1) is 18.9 Å². The molecule has 1 aromatic rings. The minimum atomic E-state index is -5.29. The fraction of sp³-hybridized carbons (Fsp3) is 0.444. The van der Waals surface area contributed by atoms with Crippen molar-refractivity contribution in [3.05, 3.63) is 23.8 Å². The number of carbonyl (C=O) groups excluding carboxylic acids is 3. The Balaban J connectivity index is 1.90. The molecule has 9 nitrogen and oxygen atoms in total. The van der Waals surface area contributed by atoms with Gasteiger partial charge >= 0.3 is 18.1 Å². The summed E-state index contributed by atoms with van der Waals surface area (Å²) >= 11 is 0. The highest BCUT2D eigenvalue weighted by atomic mass is 19.4. The van der Waals surface area contributed by atoms with Gasteiger partial charge in [0.15, 0.2) is 5.96 Å². The lowest BCUT2D eigenvalue weighted by Gasteiger charge is -2.24. The smallest absolute Gasteiger partial charge is 0.491 e. The lowest BCUT2D eigenvalue weighted by atomic mass is 9.90. The highest BCUT2D eigenvalue weighted by Gasteiger charge is 2.43. The Hall–Kier alpha value is -3.31. The molecule has 0 bridgehead atoms. The van der Waals surface area contributed by atoms with E-state index >= 15 is 0 Å². The topological polar surface area (TPSA) is 146 Å². The monoisotopic (exact) mass is 430 g/mol. The van der Waals surface area contributed by atoms with E-state index in [1.807, 2.05) is 0 Å². The van der Waals surface area contributed by atoms with E-state index in [1.54, 1.807) is 18.2 Å². The largest absolute Gasteiger partial charge is 0.494 e. The molecule has 2 rings (SSSR count). The molecule has 1 aromatic carbocycles. The van der Waals surface area contributed by atoms with Crippen molar-refractivity contribution in [1.82, 2.24) is 0 Å². The standard InChI is InChI=1S/C18H21F3N4O5/c19-18(20,21)16(28)30-14(26)9-11-7-10-8-12(3-4-13(10)25-15(11)27)29-6-2-1-5-24-17(22)23/h3-4,8,11H,1-2,5-7,9H2,(H,25,27)(H4,22,23,24). The molecule has 0 saturated carbocycles. The van der Waals surface area contributed by atoms with Crippen LogP contribution in [-0.2, 0) is 25.5 Å². The molecule has 0 aliphatic carbocycles. The number of hydrogen-bond acceptors (Lipinski definition) is 6. The van der Waals surface area contributed by atoms with Crippen molar-refractivity contribution in [2.45, 2.75) is 31.9 Å². The number of amides is 1. The number of hydrogen-bond donors (Lipinski definition) is 3. The van der Waals surface area contributed by atoms with Gasteiger partial charge in [0.25, 0.3) is 0 Å². The Labute approximate surface area is 169 Å². The summed E-state index contributed by atoms with van der Waals surface area (Å²) in [6, 6.07) is 4.96. The predicted molar refractivity (Wildman–Crippen MR) is 99.4 cm³/mol. The van der Waals surface area contributed by atoms with Crippen molar-refractivity contribution in [1.29, 1.82) is 0 Å². The fourth-order valence-corrected chi connectivity index (χ4v) is 2.72. The van der Waals surface area contributed by atoms with E-state index in [4.69, 9.17) is 16.2 Å². The summed E-state index contributed by atoms with van der Waals surface area (Å²) in [5.41, 5.74) is 11.6. The van der Waals surface area contributed by atoms with E-state index in [0.29, 0.717) is 36.6 Å². The van der Waals surface area contributed by atoms with E-state index in [2.05, 4.69) is 15.0 Å². The Morgan fingerprint density at radius 2 is 1.97 bits per heavy atom. The number of unbranched alkanes of at least 4 members (excludes halogenated alkanes) is 1. The number of guanidine groups is 1. The van der Waals surface area contributed by atoms with Crippen molar-refractivity contribution >= 4 is 29.5 Å². The third kappa shape index (κ3) is 6.94. The maximum atomic E-state index is 12.2. The number of ether oxygens (including phenoxy) is 2. The number of nitrogens with two attached hydrogens (primary N) is 2. The summed E-state index contributed by atoms with van der Waals surface area (Å²) in [5, 5.41) is 2.57. The van der Waals surface area contributed by atoms with Crippen LogP contribution in [0.25, 0.3) is 0 Å². The first-order chi connectivity index (χ1) is 14.1. The number of benzene rings is 1. The SMILES string of the molecule is NC(N)=NCCCCOc1ccc2c(c1)CC(CC(=O)OC(=O)C(F)(F)F)C(=O)N2. The lowest BCUT2D eigenvalue weighted by Crippen LogP contribution is -2.34. The minimum Gasteiger partial charge on any atom is -0.494 e. The van der Waals surface area contributed by atoms with Gasteiger partial charge in [0.1, 0.15) is 5.75 Å². The number of nitrogens with one attached hydrogen (secondary N) is 1. The number of fused-ring (bicyclic) bond motifs is 1. The number of carbonyl (C=O) groups is 3. The molecule has 164 valence electrons. The van der Waals surface area contributed by atoms with E-state index in [1.165, 1.54) is 0 Å². The van der Waals surface area contributed by atoms with Gasteiger partial charge < -0.3 is 26.3 Å². The molecule has 1 amide bonds. The van der Waals surface area contributed by atoms with Crippen LogP contribution in [0, 0.1) is 5.92 Å². The van der Waals surface area contributed by atoms with E-state index in [0.717, 1.165) is 6.42 Å². The number of nitrogens with zero attached hydrogens (tertiary/aromatic N) is 1. The second-order valence-electron chi connectivity index (χ2n) is 6.53. The first-order valence-electron chi connectivity index (χ1n) is 9.00. The van der Waals surface area contributed by atoms with Crippen molar-refractivity contribution in [3.8, 4) is 5.75 Å². The Kier molecular flexibility index (Phi) is 7.61. The lowest BCUT2D eigenvalue weighted by molar-refractivity contribution is -0.202. The second kappa shape index (κ2) is 9.94. The first-order valence-corrected chi connectivity index (χ1v) is 9.00. The van der Waals surface area contributed by atoms with E-state index in [9.17, 15) is 27.6 Å². The van der Waals surface area contributed by atoms with Crippen LogP contribution in [0.15, 0.2) is 23.2 Å². The molecule has 0 aromatic heterocycles. The van der Waals surface area contributed by atoms with Gasteiger partial charge in [0, 0.05) is 12.2 Å². The molecule has 30 heavy (non-hydrogen) atoms. The number of alkyl halides is 3. The summed E-state index contributed by atoms with van der Waals surface area (Å²) in [7, 11) is 0. The number of anilines is 1. The summed E-state index contributed by atoms with van der Waals surface area (Å²) in [5.74, 6) is -5.00. The van der Waals surface area contributed by atoms with Crippen LogP contribution in [0.5, 0.6) is 5.75 Å². The highest BCUT2D eigenvalue weighted by Crippen LogP contribution is 2.31. The van der Waals surface area contributed by atoms with Crippen LogP contribution < -0.4 is 21.5 Å². The zero-order chi connectivity index (χ0) is 22.3. The predicted octanol–water partition coefficient (Wildman–Crippen LogP) is 1.25. The number of rotatable bonds is 8. The molecule has 0 saturated heterocycles. The van der Waals surface area contributed by atoms with Gasteiger partial charge in [-0.2, -0.15) is 13.2 Å². The zero-order valence-corrected chi connectivity index (χ0v) is 15.8. The Morgan fingerprint density at radius 3 is 2.63 bits per heavy atom. The van der Waals surface area contributed by atoms with E-state index < -0.39 is 36.4 Å². The molecule has 5 N–H and O–H groups in total. The third-order valence-electron chi connectivity index (χ3n) is 4.14. The molecule has 1 aliphatic rings. The molecular weight excluding hydrogens is 409 g/mol. The van der Waals surface area contributed by atoms with Crippen LogP contribution in [0.1, 0.15) is 24.8 Å². The summed E-state index contributed by atoms with van der Waals surface area (Å²) in [6.07, 6.45) is -4.44. The average Bonchev–Trinajstić information content (AvgIpc) is 2.64. The quantitative estimate of drug-likeness (QED) is 0.185. The Morgan fingerprint density at radius 1 is 1.23 bits per heavy atom. The van der Waals surface area contributed by atoms with Crippen LogP contribution in [0.2, 0.25) is 0 Å². The normalized spacial score (nSPS) is 15.6. The third-order valence-corrected chi connectivity index (χ3v) is 4.14. The molecule has 0 fully saturated rings. The minimum absolute atomic E-state index is 0.0221. The summed E-state index contributed by atoms with van der Waals surface area (Å²) in [6.45, 7) is 0.886.